The van der Waals surface area contributed by atoms with Crippen LogP contribution in [0, 0.1) is 5.92 Å². The Labute approximate surface area is 213 Å². The van der Waals surface area contributed by atoms with Gasteiger partial charge in [-0.05, 0) is 30.4 Å². The summed E-state index contributed by atoms with van der Waals surface area (Å²) in [7, 11) is 0. The summed E-state index contributed by atoms with van der Waals surface area (Å²) in [5, 5.41) is 15.3. The number of ether oxygens (including phenoxy) is 1. The Morgan fingerprint density at radius 1 is 0.972 bits per heavy atom. The van der Waals surface area contributed by atoms with Crippen LogP contribution in [0.1, 0.15) is 42.9 Å². The number of hydrogen-bond acceptors (Lipinski definition) is 5. The molecule has 2 aromatic rings. The van der Waals surface area contributed by atoms with Crippen molar-refractivity contribution in [1.82, 2.24) is 10.6 Å². The van der Waals surface area contributed by atoms with Crippen molar-refractivity contribution < 1.29 is 24.2 Å². The lowest BCUT2D eigenvalue weighted by atomic mass is 9.98. The highest BCUT2D eigenvalue weighted by molar-refractivity contribution is 5.86. The Kier molecular flexibility index (Phi) is 12.7. The number of carbonyl (C=O) groups excluding carboxylic acids is 3. The van der Waals surface area contributed by atoms with Crippen molar-refractivity contribution in [3.8, 4) is 0 Å². The average molecular weight is 493 g/mol. The molecule has 0 heterocycles. The number of nitrogens with one attached hydrogen (secondary N) is 2. The Hall–Kier alpha value is -3.71. The number of benzene rings is 2. The summed E-state index contributed by atoms with van der Waals surface area (Å²) in [6.07, 6.45) is 4.02. The van der Waals surface area contributed by atoms with Crippen molar-refractivity contribution >= 4 is 17.8 Å². The van der Waals surface area contributed by atoms with Crippen molar-refractivity contribution in [3.05, 3.63) is 97.1 Å². The lowest BCUT2D eigenvalue weighted by Gasteiger charge is -2.22. The summed E-state index contributed by atoms with van der Waals surface area (Å²) < 4.78 is 5.60. The molecule has 7 heteroatoms. The van der Waals surface area contributed by atoms with Crippen LogP contribution in [0.3, 0.4) is 0 Å². The maximum absolute atomic E-state index is 13.0. The summed E-state index contributed by atoms with van der Waals surface area (Å²) in [6, 6.07) is 18.3. The van der Waals surface area contributed by atoms with E-state index in [0.717, 1.165) is 11.1 Å². The van der Waals surface area contributed by atoms with Gasteiger partial charge < -0.3 is 20.5 Å². The molecule has 0 aliphatic rings. The van der Waals surface area contributed by atoms with Gasteiger partial charge in [0.1, 0.15) is 6.10 Å². The molecule has 0 aliphatic heterocycles. The van der Waals surface area contributed by atoms with Crippen LogP contribution in [0.4, 0.5) is 0 Å². The molecule has 0 saturated carbocycles. The molecule has 2 amide bonds. The molecule has 0 aromatic heterocycles. The Morgan fingerprint density at radius 3 is 2.25 bits per heavy atom. The van der Waals surface area contributed by atoms with E-state index < -0.39 is 18.1 Å². The molecule has 7 nitrogen and oxygen atoms in total. The highest BCUT2D eigenvalue weighted by Crippen LogP contribution is 2.19. The first-order valence-electron chi connectivity index (χ1n) is 12.1. The van der Waals surface area contributed by atoms with Crippen molar-refractivity contribution in [2.45, 2.75) is 44.2 Å². The molecule has 0 spiro atoms. The second-order valence-corrected chi connectivity index (χ2v) is 8.52. The number of rotatable bonds is 16. The summed E-state index contributed by atoms with van der Waals surface area (Å²) >= 11 is 0. The number of esters is 1. The van der Waals surface area contributed by atoms with E-state index in [-0.39, 0.29) is 43.8 Å². The Morgan fingerprint density at radius 2 is 1.64 bits per heavy atom. The van der Waals surface area contributed by atoms with Crippen molar-refractivity contribution in [1.29, 1.82) is 0 Å². The van der Waals surface area contributed by atoms with Gasteiger partial charge in [-0.25, -0.2) is 0 Å². The van der Waals surface area contributed by atoms with Gasteiger partial charge in [0.2, 0.25) is 11.8 Å². The van der Waals surface area contributed by atoms with E-state index in [9.17, 15) is 19.5 Å². The zero-order chi connectivity index (χ0) is 26.2. The van der Waals surface area contributed by atoms with Crippen LogP contribution in [0.5, 0.6) is 0 Å². The first kappa shape index (κ1) is 28.5. The predicted octanol–water partition coefficient (Wildman–Crippen LogP) is 3.66. The first-order chi connectivity index (χ1) is 17.5. The topological polar surface area (TPSA) is 105 Å². The van der Waals surface area contributed by atoms with Gasteiger partial charge in [-0.15, -0.1) is 13.2 Å². The maximum atomic E-state index is 13.0. The average Bonchev–Trinajstić information content (AvgIpc) is 2.90. The van der Waals surface area contributed by atoms with Crippen LogP contribution in [0.15, 0.2) is 86.0 Å². The van der Waals surface area contributed by atoms with Gasteiger partial charge in [0, 0.05) is 12.8 Å². The molecule has 2 rings (SSSR count). The molecule has 0 saturated heterocycles. The zero-order valence-electron chi connectivity index (χ0n) is 20.6. The number of allylic oxidation sites excluding steroid dienone is 2. The minimum absolute atomic E-state index is 0.0573. The van der Waals surface area contributed by atoms with Gasteiger partial charge in [-0.3, -0.25) is 14.4 Å². The number of carbonyl (C=O) groups is 3. The minimum Gasteiger partial charge on any atom is -0.456 e. The first-order valence-corrected chi connectivity index (χ1v) is 12.1. The van der Waals surface area contributed by atoms with Gasteiger partial charge in [-0.1, -0.05) is 72.8 Å². The van der Waals surface area contributed by atoms with E-state index in [1.807, 2.05) is 60.7 Å². The van der Waals surface area contributed by atoms with E-state index in [4.69, 9.17) is 4.74 Å². The van der Waals surface area contributed by atoms with Gasteiger partial charge in [0.05, 0.1) is 25.1 Å². The maximum Gasteiger partial charge on any atom is 0.306 e. The van der Waals surface area contributed by atoms with Gasteiger partial charge in [-0.2, -0.15) is 0 Å². The lowest BCUT2D eigenvalue weighted by Crippen LogP contribution is -2.42. The number of aliphatic hydroxyl groups is 1. The van der Waals surface area contributed by atoms with E-state index in [1.165, 1.54) is 0 Å². The van der Waals surface area contributed by atoms with Crippen LogP contribution >= 0.6 is 0 Å². The lowest BCUT2D eigenvalue weighted by molar-refractivity contribution is -0.150. The number of hydrogen-bond donors (Lipinski definition) is 3. The SMILES string of the molecule is C=CCCC(=O)OC(CNC(=O)C(CC=C)CC(=O)NC(CO)Cc1ccccc1)c1ccccc1. The molecular formula is C29H36N2O5. The van der Waals surface area contributed by atoms with Crippen LogP contribution < -0.4 is 10.6 Å². The van der Waals surface area contributed by atoms with Crippen molar-refractivity contribution in [3.63, 3.8) is 0 Å². The highest BCUT2D eigenvalue weighted by Gasteiger charge is 2.24. The largest absolute Gasteiger partial charge is 0.456 e. The molecule has 3 unspecified atom stereocenters. The van der Waals surface area contributed by atoms with Gasteiger partial charge in [0.15, 0.2) is 0 Å². The summed E-state index contributed by atoms with van der Waals surface area (Å²) in [6.45, 7) is 7.18. The molecular weight excluding hydrogens is 456 g/mol. The third kappa shape index (κ3) is 10.3. The Balaban J connectivity index is 1.97. The minimum atomic E-state index is -0.657. The third-order valence-electron chi connectivity index (χ3n) is 5.62. The summed E-state index contributed by atoms with van der Waals surface area (Å²) in [5.41, 5.74) is 1.75. The van der Waals surface area contributed by atoms with Crippen molar-refractivity contribution in [2.75, 3.05) is 13.2 Å². The van der Waals surface area contributed by atoms with Crippen LogP contribution in [0.25, 0.3) is 0 Å². The molecule has 0 bridgehead atoms. The molecule has 3 N–H and O–H groups in total. The van der Waals surface area contributed by atoms with E-state index in [2.05, 4.69) is 23.8 Å². The molecule has 0 radical (unpaired) electrons. The summed E-state index contributed by atoms with van der Waals surface area (Å²) in [5.74, 6) is -1.70. The van der Waals surface area contributed by atoms with E-state index in [0.29, 0.717) is 19.3 Å². The quantitative estimate of drug-likeness (QED) is 0.245. The van der Waals surface area contributed by atoms with Crippen LogP contribution in [0.2, 0.25) is 0 Å². The standard InChI is InChI=1S/C29H36N2O5/c1-3-5-17-28(34)36-26(23-15-10-7-11-16-23)20-30-29(35)24(12-4-2)19-27(33)31-25(21-32)18-22-13-8-6-9-14-22/h3-4,6-11,13-16,24-26,32H,1-2,5,12,17-21H2,(H,30,35)(H,31,33). The van der Waals surface area contributed by atoms with Crippen LogP contribution in [-0.4, -0.2) is 42.1 Å². The van der Waals surface area contributed by atoms with Crippen molar-refractivity contribution in [2.24, 2.45) is 5.92 Å². The van der Waals surface area contributed by atoms with E-state index in [1.54, 1.807) is 12.2 Å². The number of amides is 2. The molecule has 36 heavy (non-hydrogen) atoms. The molecule has 0 aliphatic carbocycles. The van der Waals surface area contributed by atoms with Gasteiger partial charge >= 0.3 is 5.97 Å². The fraction of sp³-hybridized carbons (Fsp3) is 0.345. The zero-order valence-corrected chi connectivity index (χ0v) is 20.6. The number of aliphatic hydroxyl groups excluding tert-OH is 1. The smallest absolute Gasteiger partial charge is 0.306 e. The fourth-order valence-electron chi connectivity index (χ4n) is 3.72. The second kappa shape index (κ2) is 16.1. The Bertz CT molecular complexity index is 978. The molecule has 192 valence electrons. The monoisotopic (exact) mass is 492 g/mol. The molecule has 3 atom stereocenters. The predicted molar refractivity (Wildman–Crippen MR) is 140 cm³/mol. The fourth-order valence-corrected chi connectivity index (χ4v) is 3.72. The second-order valence-electron chi connectivity index (χ2n) is 8.52. The van der Waals surface area contributed by atoms with Crippen LogP contribution in [-0.2, 0) is 25.5 Å². The molecule has 0 fully saturated rings. The normalized spacial score (nSPS) is 13.0. The highest BCUT2D eigenvalue weighted by atomic mass is 16.5. The summed E-state index contributed by atoms with van der Waals surface area (Å²) in [4.78, 5) is 37.9. The van der Waals surface area contributed by atoms with E-state index >= 15 is 0 Å². The third-order valence-corrected chi connectivity index (χ3v) is 5.62. The van der Waals surface area contributed by atoms with Gasteiger partial charge in [0.25, 0.3) is 0 Å². The molecule has 2 aromatic carbocycles.